The highest BCUT2D eigenvalue weighted by molar-refractivity contribution is 5.01. The first-order valence-corrected chi connectivity index (χ1v) is 4.86. The minimum absolute atomic E-state index is 0.513. The van der Waals surface area contributed by atoms with E-state index in [2.05, 4.69) is 31.1 Å². The van der Waals surface area contributed by atoms with Crippen molar-refractivity contribution in [3.63, 3.8) is 0 Å². The average molecular weight is 168 g/mol. The van der Waals surface area contributed by atoms with Crippen LogP contribution < -0.4 is 10.6 Å². The summed E-state index contributed by atoms with van der Waals surface area (Å²) >= 11 is 0. The van der Waals surface area contributed by atoms with E-state index in [0.29, 0.717) is 12.0 Å². The van der Waals surface area contributed by atoms with Crippen molar-refractivity contribution in [2.45, 2.75) is 32.7 Å². The monoisotopic (exact) mass is 168 g/mol. The molecule has 0 aliphatic carbocycles. The van der Waals surface area contributed by atoms with Gasteiger partial charge in [0, 0.05) is 24.2 Å². The Kier molecular flexibility index (Phi) is 3.60. The SMILES string of the molecule is C=C(NC(C)C)C1CCCNC1. The average Bonchev–Trinajstić information content (AvgIpc) is 2.05. The summed E-state index contributed by atoms with van der Waals surface area (Å²) in [4.78, 5) is 0. The molecule has 0 saturated carbocycles. The summed E-state index contributed by atoms with van der Waals surface area (Å²) in [6, 6.07) is 0.513. The molecule has 1 rings (SSSR count). The summed E-state index contributed by atoms with van der Waals surface area (Å²) in [7, 11) is 0. The Balaban J connectivity index is 2.30. The maximum Gasteiger partial charge on any atom is 0.0201 e. The molecule has 0 radical (unpaired) electrons. The molecule has 2 N–H and O–H groups in total. The molecule has 0 aromatic rings. The molecule has 1 atom stereocenters. The first-order valence-electron chi connectivity index (χ1n) is 4.86. The molecule has 2 heteroatoms. The number of hydrogen-bond donors (Lipinski definition) is 2. The third-order valence-electron chi connectivity index (χ3n) is 2.26. The molecule has 0 aromatic carbocycles. The molecule has 1 aliphatic heterocycles. The van der Waals surface area contributed by atoms with Crippen LogP contribution in [0, 0.1) is 5.92 Å². The molecule has 2 nitrogen and oxygen atoms in total. The summed E-state index contributed by atoms with van der Waals surface area (Å²) in [6.07, 6.45) is 2.56. The second-order valence-electron chi connectivity index (χ2n) is 3.87. The van der Waals surface area contributed by atoms with Crippen LogP contribution in [-0.4, -0.2) is 19.1 Å². The van der Waals surface area contributed by atoms with E-state index >= 15 is 0 Å². The highest BCUT2D eigenvalue weighted by Crippen LogP contribution is 2.16. The van der Waals surface area contributed by atoms with E-state index in [0.717, 1.165) is 6.54 Å². The summed E-state index contributed by atoms with van der Waals surface area (Å²) in [5, 5.41) is 6.77. The smallest absolute Gasteiger partial charge is 0.0201 e. The molecule has 0 bridgehead atoms. The van der Waals surface area contributed by atoms with Crippen LogP contribution >= 0.6 is 0 Å². The number of hydrogen-bond acceptors (Lipinski definition) is 2. The second kappa shape index (κ2) is 4.51. The lowest BCUT2D eigenvalue weighted by molar-refractivity contribution is 0.399. The van der Waals surface area contributed by atoms with Gasteiger partial charge in [0.2, 0.25) is 0 Å². The number of piperidine rings is 1. The minimum Gasteiger partial charge on any atom is -0.386 e. The van der Waals surface area contributed by atoms with Crippen molar-refractivity contribution in [3.8, 4) is 0 Å². The van der Waals surface area contributed by atoms with Crippen LogP contribution in [-0.2, 0) is 0 Å². The highest BCUT2D eigenvalue weighted by Gasteiger charge is 2.15. The van der Waals surface area contributed by atoms with Crippen LogP contribution in [0.3, 0.4) is 0 Å². The standard InChI is InChI=1S/C10H20N2/c1-8(2)12-9(3)10-5-4-6-11-7-10/h8,10-12H,3-7H2,1-2H3. The van der Waals surface area contributed by atoms with E-state index in [1.54, 1.807) is 0 Å². The second-order valence-corrected chi connectivity index (χ2v) is 3.87. The lowest BCUT2D eigenvalue weighted by atomic mass is 9.96. The Morgan fingerprint density at radius 1 is 1.58 bits per heavy atom. The largest absolute Gasteiger partial charge is 0.386 e. The molecule has 70 valence electrons. The van der Waals surface area contributed by atoms with Gasteiger partial charge in [-0.3, -0.25) is 0 Å². The van der Waals surface area contributed by atoms with Gasteiger partial charge in [-0.25, -0.2) is 0 Å². The Labute approximate surface area is 75.4 Å². The summed E-state index contributed by atoms with van der Waals surface area (Å²) in [6.45, 7) is 10.6. The maximum absolute atomic E-state index is 4.07. The van der Waals surface area contributed by atoms with Gasteiger partial charge in [-0.05, 0) is 33.2 Å². The van der Waals surface area contributed by atoms with Crippen LogP contribution in [0.4, 0.5) is 0 Å². The fourth-order valence-electron chi connectivity index (χ4n) is 1.64. The van der Waals surface area contributed by atoms with Gasteiger partial charge in [-0.1, -0.05) is 6.58 Å². The zero-order valence-corrected chi connectivity index (χ0v) is 8.19. The Bertz CT molecular complexity index is 146. The van der Waals surface area contributed by atoms with Crippen molar-refractivity contribution in [3.05, 3.63) is 12.3 Å². The summed E-state index contributed by atoms with van der Waals surface area (Å²) < 4.78 is 0. The van der Waals surface area contributed by atoms with Gasteiger partial charge in [-0.2, -0.15) is 0 Å². The molecular formula is C10H20N2. The molecule has 1 saturated heterocycles. The molecule has 0 amide bonds. The van der Waals surface area contributed by atoms with Gasteiger partial charge < -0.3 is 10.6 Å². The third kappa shape index (κ3) is 2.86. The van der Waals surface area contributed by atoms with Gasteiger partial charge in [0.1, 0.15) is 0 Å². The Morgan fingerprint density at radius 2 is 2.33 bits per heavy atom. The predicted molar refractivity (Wildman–Crippen MR) is 53.0 cm³/mol. The molecular weight excluding hydrogens is 148 g/mol. The Hall–Kier alpha value is -0.500. The van der Waals surface area contributed by atoms with Crippen molar-refractivity contribution in [1.29, 1.82) is 0 Å². The van der Waals surface area contributed by atoms with Gasteiger partial charge in [0.05, 0.1) is 0 Å². The van der Waals surface area contributed by atoms with Crippen molar-refractivity contribution < 1.29 is 0 Å². The molecule has 1 heterocycles. The topological polar surface area (TPSA) is 24.1 Å². The first-order chi connectivity index (χ1) is 5.70. The lowest BCUT2D eigenvalue weighted by Crippen LogP contribution is -2.36. The zero-order chi connectivity index (χ0) is 8.97. The van der Waals surface area contributed by atoms with Crippen LogP contribution in [0.2, 0.25) is 0 Å². The summed E-state index contributed by atoms with van der Waals surface area (Å²) in [5.74, 6) is 0.640. The Morgan fingerprint density at radius 3 is 2.83 bits per heavy atom. The van der Waals surface area contributed by atoms with Gasteiger partial charge in [0.25, 0.3) is 0 Å². The fourth-order valence-corrected chi connectivity index (χ4v) is 1.64. The van der Waals surface area contributed by atoms with Gasteiger partial charge in [0.15, 0.2) is 0 Å². The normalized spacial score (nSPS) is 24.1. The first kappa shape index (κ1) is 9.59. The van der Waals surface area contributed by atoms with Crippen LogP contribution in [0.5, 0.6) is 0 Å². The molecule has 0 spiro atoms. The van der Waals surface area contributed by atoms with E-state index < -0.39 is 0 Å². The molecule has 1 aliphatic rings. The van der Waals surface area contributed by atoms with Gasteiger partial charge >= 0.3 is 0 Å². The van der Waals surface area contributed by atoms with Crippen molar-refractivity contribution in [2.75, 3.05) is 13.1 Å². The van der Waals surface area contributed by atoms with E-state index in [1.807, 2.05) is 0 Å². The minimum atomic E-state index is 0.513. The third-order valence-corrected chi connectivity index (χ3v) is 2.26. The van der Waals surface area contributed by atoms with Crippen molar-refractivity contribution >= 4 is 0 Å². The van der Waals surface area contributed by atoms with E-state index in [9.17, 15) is 0 Å². The van der Waals surface area contributed by atoms with Crippen LogP contribution in [0.15, 0.2) is 12.3 Å². The quantitative estimate of drug-likeness (QED) is 0.667. The molecule has 1 unspecified atom stereocenters. The van der Waals surface area contributed by atoms with Gasteiger partial charge in [-0.15, -0.1) is 0 Å². The van der Waals surface area contributed by atoms with E-state index in [4.69, 9.17) is 0 Å². The lowest BCUT2D eigenvalue weighted by Gasteiger charge is -2.26. The van der Waals surface area contributed by atoms with Crippen LogP contribution in [0.25, 0.3) is 0 Å². The maximum atomic E-state index is 4.07. The van der Waals surface area contributed by atoms with E-state index in [1.165, 1.54) is 25.1 Å². The van der Waals surface area contributed by atoms with Crippen molar-refractivity contribution in [1.82, 2.24) is 10.6 Å². The zero-order valence-electron chi connectivity index (χ0n) is 8.19. The highest BCUT2D eigenvalue weighted by atomic mass is 14.9. The fraction of sp³-hybridized carbons (Fsp3) is 0.800. The predicted octanol–water partition coefficient (Wildman–Crippen LogP) is 1.50. The van der Waals surface area contributed by atoms with Crippen LogP contribution in [0.1, 0.15) is 26.7 Å². The molecule has 1 fully saturated rings. The van der Waals surface area contributed by atoms with Crippen molar-refractivity contribution in [2.24, 2.45) is 5.92 Å². The number of nitrogens with one attached hydrogen (secondary N) is 2. The molecule has 0 aromatic heterocycles. The number of rotatable bonds is 3. The molecule has 12 heavy (non-hydrogen) atoms. The van der Waals surface area contributed by atoms with E-state index in [-0.39, 0.29) is 0 Å². The summed E-state index contributed by atoms with van der Waals surface area (Å²) in [5.41, 5.74) is 1.21.